The van der Waals surface area contributed by atoms with Gasteiger partial charge in [0.15, 0.2) is 0 Å². The van der Waals surface area contributed by atoms with Crippen LogP contribution in [-0.4, -0.2) is 38.8 Å². The molecular weight excluding hydrogens is 338 g/mol. The molecule has 0 aliphatic heterocycles. The molecule has 0 saturated heterocycles. The van der Waals surface area contributed by atoms with Gasteiger partial charge in [0.25, 0.3) is 0 Å². The van der Waals surface area contributed by atoms with Gasteiger partial charge in [0.1, 0.15) is 0 Å². The van der Waals surface area contributed by atoms with Crippen LogP contribution in [0, 0.1) is 0 Å². The molecule has 0 amide bonds. The van der Waals surface area contributed by atoms with E-state index in [1.54, 1.807) is 12.1 Å². The van der Waals surface area contributed by atoms with Gasteiger partial charge in [0.2, 0.25) is 0 Å². The summed E-state index contributed by atoms with van der Waals surface area (Å²) in [6.45, 7) is 1.80. The van der Waals surface area contributed by atoms with Crippen LogP contribution in [0.2, 0.25) is 6.82 Å². The summed E-state index contributed by atoms with van der Waals surface area (Å²) in [6.07, 6.45) is -4.59. The van der Waals surface area contributed by atoms with Crippen molar-refractivity contribution in [3.05, 3.63) is 29.8 Å². The van der Waals surface area contributed by atoms with Gasteiger partial charge in [-0.25, -0.2) is 0 Å². The summed E-state index contributed by atoms with van der Waals surface area (Å²) in [4.78, 5) is 0. The van der Waals surface area contributed by atoms with E-state index >= 15 is 0 Å². The molecule has 1 aromatic carbocycles. The number of hydrazone groups is 1. The number of rotatable bonds is 6. The van der Waals surface area contributed by atoms with Crippen LogP contribution >= 0.6 is 0 Å². The summed E-state index contributed by atoms with van der Waals surface area (Å²) in [5.41, 5.74) is 2.95. The van der Waals surface area contributed by atoms with Crippen LogP contribution in [0.3, 0.4) is 0 Å². The van der Waals surface area contributed by atoms with Crippen molar-refractivity contribution in [3.8, 4) is 0 Å². The van der Waals surface area contributed by atoms with E-state index in [-0.39, 0.29) is 12.2 Å². The fourth-order valence-corrected chi connectivity index (χ4v) is 1.82. The molecule has 0 aliphatic carbocycles. The highest BCUT2D eigenvalue weighted by atomic mass is 32.2. The number of anilines is 1. The summed E-state index contributed by atoms with van der Waals surface area (Å²) in [5, 5.41) is 14.8. The second kappa shape index (κ2) is 7.66. The zero-order valence-electron chi connectivity index (χ0n) is 12.3. The van der Waals surface area contributed by atoms with Gasteiger partial charge in [-0.15, -0.1) is 5.10 Å². The minimum atomic E-state index is -5.07. The van der Waals surface area contributed by atoms with Gasteiger partial charge < -0.3 is 14.4 Å². The maximum atomic E-state index is 12.6. The van der Waals surface area contributed by atoms with Crippen molar-refractivity contribution < 1.29 is 30.8 Å². The third kappa shape index (κ3) is 7.86. The van der Waals surface area contributed by atoms with Crippen LogP contribution in [0.15, 0.2) is 29.4 Å². The summed E-state index contributed by atoms with van der Waals surface area (Å²) in [7, 11) is -5.11. The Morgan fingerprint density at radius 3 is 2.61 bits per heavy atom. The molecule has 23 heavy (non-hydrogen) atoms. The first-order valence-corrected chi connectivity index (χ1v) is 8.10. The quantitative estimate of drug-likeness (QED) is 0.233. The van der Waals surface area contributed by atoms with E-state index in [4.69, 9.17) is 5.02 Å². The van der Waals surface area contributed by atoms with E-state index in [2.05, 4.69) is 19.9 Å². The fourth-order valence-electron chi connectivity index (χ4n) is 1.40. The maximum absolute atomic E-state index is 12.6. The van der Waals surface area contributed by atoms with Gasteiger partial charge in [0, 0.05) is 6.54 Å². The lowest BCUT2D eigenvalue weighted by Gasteiger charge is -2.11. The third-order valence-corrected chi connectivity index (χ3v) is 2.75. The molecule has 0 saturated carbocycles. The van der Waals surface area contributed by atoms with Crippen molar-refractivity contribution in [2.75, 3.05) is 11.7 Å². The lowest BCUT2D eigenvalue weighted by atomic mass is 9.88. The highest BCUT2D eigenvalue weighted by Gasteiger charge is 2.41. The van der Waals surface area contributed by atoms with Crippen LogP contribution in [0.25, 0.3) is 0 Å². The van der Waals surface area contributed by atoms with Gasteiger partial charge >= 0.3 is 29.2 Å². The standard InChI is InChI=1S/C11H15BF3N3O4S/c1-12(19)16-7-8-4-3-5-9(6-8)17-18-10(11(13,14)15)22-23(2,20)21/h3-6,16-17,19H,7H2,1-2H3. The molecule has 128 valence electrons. The predicted octanol–water partition coefficient (Wildman–Crippen LogP) is 1.15. The van der Waals surface area contributed by atoms with E-state index in [1.165, 1.54) is 19.0 Å². The van der Waals surface area contributed by atoms with Crippen LogP contribution in [0.1, 0.15) is 5.56 Å². The van der Waals surface area contributed by atoms with Crippen molar-refractivity contribution in [2.45, 2.75) is 19.5 Å². The first kappa shape index (κ1) is 19.3. The third-order valence-electron chi connectivity index (χ3n) is 2.29. The average Bonchev–Trinajstić information content (AvgIpc) is 2.39. The molecule has 7 nitrogen and oxygen atoms in total. The lowest BCUT2D eigenvalue weighted by Crippen LogP contribution is -2.29. The molecule has 0 fully saturated rings. The molecule has 12 heteroatoms. The molecule has 0 heterocycles. The van der Waals surface area contributed by atoms with Crippen molar-refractivity contribution in [1.82, 2.24) is 5.23 Å². The average molecular weight is 353 g/mol. The largest absolute Gasteiger partial charge is 0.471 e. The Balaban J connectivity index is 2.89. The first-order chi connectivity index (χ1) is 10.5. The molecule has 1 rings (SSSR count). The van der Waals surface area contributed by atoms with Crippen molar-refractivity contribution in [2.24, 2.45) is 5.10 Å². The Hall–Kier alpha value is -1.79. The molecule has 0 atom stereocenters. The number of hydrogen-bond donors (Lipinski definition) is 3. The molecule has 0 unspecified atom stereocenters. The topological polar surface area (TPSA) is 100 Å². The van der Waals surface area contributed by atoms with E-state index in [1.807, 2.05) is 0 Å². The summed E-state index contributed by atoms with van der Waals surface area (Å²) in [6, 6.07) is 6.15. The number of benzene rings is 1. The number of hydrogen-bond acceptors (Lipinski definition) is 7. The highest BCUT2D eigenvalue weighted by Crippen LogP contribution is 2.20. The fraction of sp³-hybridized carbons (Fsp3) is 0.364. The van der Waals surface area contributed by atoms with E-state index in [0.29, 0.717) is 11.8 Å². The van der Waals surface area contributed by atoms with Gasteiger partial charge in [-0.1, -0.05) is 12.1 Å². The molecule has 0 radical (unpaired) electrons. The Morgan fingerprint density at radius 2 is 2.09 bits per heavy atom. The lowest BCUT2D eigenvalue weighted by molar-refractivity contribution is -0.0707. The van der Waals surface area contributed by atoms with Crippen molar-refractivity contribution >= 4 is 28.8 Å². The van der Waals surface area contributed by atoms with Crippen LogP contribution < -0.4 is 10.7 Å². The van der Waals surface area contributed by atoms with E-state index < -0.39 is 29.2 Å². The second-order valence-electron chi connectivity index (χ2n) is 4.57. The van der Waals surface area contributed by atoms with Gasteiger partial charge in [-0.3, -0.25) is 5.43 Å². The highest BCUT2D eigenvalue weighted by molar-refractivity contribution is 7.86. The van der Waals surface area contributed by atoms with Crippen LogP contribution in [0.5, 0.6) is 0 Å². The summed E-state index contributed by atoms with van der Waals surface area (Å²) < 4.78 is 63.4. The normalized spacial score (nSPS) is 12.9. The predicted molar refractivity (Wildman–Crippen MR) is 80.2 cm³/mol. The number of alkyl halides is 3. The SMILES string of the molecule is CB(O)NCc1cccc(NN=C(OS(C)(=O)=O)C(F)(F)F)c1. The molecule has 3 N–H and O–H groups in total. The maximum Gasteiger partial charge on any atom is 0.471 e. The molecule has 0 bridgehead atoms. The van der Waals surface area contributed by atoms with Gasteiger partial charge in [0.05, 0.1) is 11.9 Å². The molecule has 0 aliphatic rings. The van der Waals surface area contributed by atoms with E-state index in [0.717, 1.165) is 0 Å². The zero-order chi connectivity index (χ0) is 17.7. The van der Waals surface area contributed by atoms with Gasteiger partial charge in [-0.05, 0) is 24.5 Å². The van der Waals surface area contributed by atoms with E-state index in [9.17, 15) is 21.6 Å². The number of nitrogens with zero attached hydrogens (tertiary/aromatic N) is 1. The monoisotopic (exact) mass is 353 g/mol. The first-order valence-electron chi connectivity index (χ1n) is 6.28. The Labute approximate surface area is 131 Å². The molecular formula is C11H15BF3N3O4S. The minimum absolute atomic E-state index is 0.189. The summed E-state index contributed by atoms with van der Waals surface area (Å²) >= 11 is 0. The van der Waals surface area contributed by atoms with Crippen molar-refractivity contribution in [1.29, 1.82) is 0 Å². The minimum Gasteiger partial charge on any atom is -0.437 e. The van der Waals surface area contributed by atoms with Crippen LogP contribution in [0.4, 0.5) is 18.9 Å². The Morgan fingerprint density at radius 1 is 1.43 bits per heavy atom. The molecule has 0 aromatic heterocycles. The second-order valence-corrected chi connectivity index (χ2v) is 6.15. The number of nitrogens with one attached hydrogen (secondary N) is 2. The smallest absolute Gasteiger partial charge is 0.437 e. The van der Waals surface area contributed by atoms with Crippen LogP contribution in [-0.2, 0) is 20.8 Å². The Bertz CT molecular complexity index is 665. The zero-order valence-corrected chi connectivity index (χ0v) is 13.1. The Kier molecular flexibility index (Phi) is 6.42. The summed E-state index contributed by atoms with van der Waals surface area (Å²) in [5.74, 6) is -1.92. The van der Waals surface area contributed by atoms with Gasteiger partial charge in [-0.2, -0.15) is 21.6 Å². The molecule has 0 spiro atoms. The van der Waals surface area contributed by atoms with Crippen molar-refractivity contribution in [3.63, 3.8) is 0 Å². The number of halogens is 3. The molecule has 1 aromatic rings.